The lowest BCUT2D eigenvalue weighted by atomic mass is 10.1. The molecule has 0 unspecified atom stereocenters. The molecule has 3 nitrogen and oxygen atoms in total. The van der Waals surface area contributed by atoms with Gasteiger partial charge in [-0.3, -0.25) is 0 Å². The molecule has 0 saturated heterocycles. The standard InChI is InChI=1S/C19H22N2O/c1-21-14-16(18-5-3-4-6-19(18)21)11-12-20-13-15-7-9-17(22-2)10-8-15/h3-10,14,20H,11-13H2,1-2H3. The summed E-state index contributed by atoms with van der Waals surface area (Å²) in [6.07, 6.45) is 3.28. The van der Waals surface area contributed by atoms with E-state index in [1.54, 1.807) is 7.11 Å². The molecule has 3 heteroatoms. The van der Waals surface area contributed by atoms with Crippen LogP contribution in [0.5, 0.6) is 5.75 Å². The third-order valence-corrected chi connectivity index (χ3v) is 4.04. The number of aryl methyl sites for hydroxylation is 1. The topological polar surface area (TPSA) is 26.2 Å². The summed E-state index contributed by atoms with van der Waals surface area (Å²) in [6, 6.07) is 16.8. The number of ether oxygens (including phenoxy) is 1. The Balaban J connectivity index is 1.56. The first-order chi connectivity index (χ1) is 10.8. The highest BCUT2D eigenvalue weighted by Gasteiger charge is 2.05. The molecule has 1 aromatic heterocycles. The highest BCUT2D eigenvalue weighted by Crippen LogP contribution is 2.20. The largest absolute Gasteiger partial charge is 0.497 e. The van der Waals surface area contributed by atoms with Crippen molar-refractivity contribution < 1.29 is 4.74 Å². The van der Waals surface area contributed by atoms with E-state index in [0.717, 1.165) is 25.3 Å². The van der Waals surface area contributed by atoms with Crippen molar-refractivity contribution in [2.75, 3.05) is 13.7 Å². The van der Waals surface area contributed by atoms with Crippen LogP contribution in [0.25, 0.3) is 10.9 Å². The summed E-state index contributed by atoms with van der Waals surface area (Å²) in [6.45, 7) is 1.86. The lowest BCUT2D eigenvalue weighted by molar-refractivity contribution is 0.414. The molecule has 0 fully saturated rings. The predicted octanol–water partition coefficient (Wildman–Crippen LogP) is 3.52. The molecule has 1 heterocycles. The van der Waals surface area contributed by atoms with E-state index in [1.807, 2.05) is 12.1 Å². The van der Waals surface area contributed by atoms with E-state index in [4.69, 9.17) is 4.74 Å². The van der Waals surface area contributed by atoms with Crippen molar-refractivity contribution in [2.45, 2.75) is 13.0 Å². The first-order valence-electron chi connectivity index (χ1n) is 7.64. The van der Waals surface area contributed by atoms with E-state index < -0.39 is 0 Å². The third-order valence-electron chi connectivity index (χ3n) is 4.04. The van der Waals surface area contributed by atoms with E-state index in [-0.39, 0.29) is 0 Å². The third kappa shape index (κ3) is 3.15. The van der Waals surface area contributed by atoms with Crippen LogP contribution in [0.4, 0.5) is 0 Å². The molecule has 0 aliphatic heterocycles. The molecule has 114 valence electrons. The summed E-state index contributed by atoms with van der Waals surface area (Å²) in [4.78, 5) is 0. The van der Waals surface area contributed by atoms with Gasteiger partial charge in [-0.2, -0.15) is 0 Å². The van der Waals surface area contributed by atoms with Crippen molar-refractivity contribution in [2.24, 2.45) is 7.05 Å². The van der Waals surface area contributed by atoms with E-state index in [9.17, 15) is 0 Å². The van der Waals surface area contributed by atoms with Gasteiger partial charge < -0.3 is 14.6 Å². The molecule has 22 heavy (non-hydrogen) atoms. The van der Waals surface area contributed by atoms with Gasteiger partial charge in [-0.15, -0.1) is 0 Å². The van der Waals surface area contributed by atoms with Crippen LogP contribution >= 0.6 is 0 Å². The number of fused-ring (bicyclic) bond motifs is 1. The molecular formula is C19H22N2O. The quantitative estimate of drug-likeness (QED) is 0.704. The Hall–Kier alpha value is -2.26. The average Bonchev–Trinajstić information content (AvgIpc) is 2.89. The Kier molecular flexibility index (Phi) is 4.45. The number of rotatable bonds is 6. The zero-order valence-electron chi connectivity index (χ0n) is 13.2. The van der Waals surface area contributed by atoms with Gasteiger partial charge in [0.2, 0.25) is 0 Å². The van der Waals surface area contributed by atoms with Crippen LogP contribution in [-0.2, 0) is 20.0 Å². The van der Waals surface area contributed by atoms with Crippen molar-refractivity contribution in [1.29, 1.82) is 0 Å². The highest BCUT2D eigenvalue weighted by molar-refractivity contribution is 5.83. The van der Waals surface area contributed by atoms with Gasteiger partial charge in [0, 0.05) is 30.7 Å². The minimum Gasteiger partial charge on any atom is -0.497 e. The fourth-order valence-corrected chi connectivity index (χ4v) is 2.82. The Morgan fingerprint density at radius 3 is 2.59 bits per heavy atom. The van der Waals surface area contributed by atoms with Gasteiger partial charge in [0.25, 0.3) is 0 Å². The molecule has 2 aromatic carbocycles. The van der Waals surface area contributed by atoms with Gasteiger partial charge in [0.15, 0.2) is 0 Å². The van der Waals surface area contributed by atoms with Crippen LogP contribution in [0.3, 0.4) is 0 Å². The van der Waals surface area contributed by atoms with Gasteiger partial charge in [0.1, 0.15) is 5.75 Å². The minimum absolute atomic E-state index is 0.884. The number of hydrogen-bond donors (Lipinski definition) is 1. The Morgan fingerprint density at radius 2 is 1.82 bits per heavy atom. The predicted molar refractivity (Wildman–Crippen MR) is 91.3 cm³/mol. The molecule has 0 aliphatic rings. The van der Waals surface area contributed by atoms with Gasteiger partial charge in [-0.25, -0.2) is 0 Å². The summed E-state index contributed by atoms with van der Waals surface area (Å²) in [5.41, 5.74) is 3.98. The van der Waals surface area contributed by atoms with Crippen LogP contribution < -0.4 is 10.1 Å². The first-order valence-corrected chi connectivity index (χ1v) is 7.64. The molecule has 0 spiro atoms. The summed E-state index contributed by atoms with van der Waals surface area (Å²) < 4.78 is 7.38. The molecule has 0 bridgehead atoms. The van der Waals surface area contributed by atoms with Gasteiger partial charge in [-0.05, 0) is 42.3 Å². The van der Waals surface area contributed by atoms with E-state index in [1.165, 1.54) is 22.0 Å². The number of nitrogens with zero attached hydrogens (tertiary/aromatic N) is 1. The molecule has 1 N–H and O–H groups in total. The molecule has 3 rings (SSSR count). The van der Waals surface area contributed by atoms with Crippen LogP contribution in [0, 0.1) is 0 Å². The normalized spacial score (nSPS) is 11.0. The fourth-order valence-electron chi connectivity index (χ4n) is 2.82. The zero-order valence-corrected chi connectivity index (χ0v) is 13.2. The van der Waals surface area contributed by atoms with E-state index >= 15 is 0 Å². The zero-order chi connectivity index (χ0) is 15.4. The second-order valence-corrected chi connectivity index (χ2v) is 5.56. The maximum Gasteiger partial charge on any atom is 0.118 e. The van der Waals surface area contributed by atoms with Crippen LogP contribution in [0.15, 0.2) is 54.7 Å². The molecule has 0 saturated carbocycles. The SMILES string of the molecule is COc1ccc(CNCCc2cn(C)c3ccccc23)cc1. The Bertz CT molecular complexity index is 744. The average molecular weight is 294 g/mol. The van der Waals surface area contributed by atoms with Gasteiger partial charge >= 0.3 is 0 Å². The van der Waals surface area contributed by atoms with Crippen molar-refractivity contribution >= 4 is 10.9 Å². The Morgan fingerprint density at radius 1 is 1.05 bits per heavy atom. The number of para-hydroxylation sites is 1. The molecule has 0 atom stereocenters. The highest BCUT2D eigenvalue weighted by atomic mass is 16.5. The smallest absolute Gasteiger partial charge is 0.118 e. The van der Waals surface area contributed by atoms with E-state index in [2.05, 4.69) is 59.5 Å². The number of hydrogen-bond acceptors (Lipinski definition) is 2. The monoisotopic (exact) mass is 294 g/mol. The lowest BCUT2D eigenvalue weighted by Crippen LogP contribution is -2.16. The molecule has 0 radical (unpaired) electrons. The lowest BCUT2D eigenvalue weighted by Gasteiger charge is -2.06. The fraction of sp³-hybridized carbons (Fsp3) is 0.263. The number of nitrogens with one attached hydrogen (secondary N) is 1. The van der Waals surface area contributed by atoms with Crippen molar-refractivity contribution in [3.05, 3.63) is 65.9 Å². The maximum absolute atomic E-state index is 5.17. The first kappa shape index (κ1) is 14.7. The van der Waals surface area contributed by atoms with Crippen LogP contribution in [-0.4, -0.2) is 18.2 Å². The summed E-state index contributed by atoms with van der Waals surface area (Å²) in [5.74, 6) is 0.902. The summed E-state index contributed by atoms with van der Waals surface area (Å²) in [7, 11) is 3.80. The maximum atomic E-state index is 5.17. The van der Waals surface area contributed by atoms with Gasteiger partial charge in [0.05, 0.1) is 7.11 Å². The second-order valence-electron chi connectivity index (χ2n) is 5.56. The van der Waals surface area contributed by atoms with Crippen molar-refractivity contribution in [3.8, 4) is 5.75 Å². The number of aromatic nitrogens is 1. The summed E-state index contributed by atoms with van der Waals surface area (Å²) >= 11 is 0. The van der Waals surface area contributed by atoms with Crippen molar-refractivity contribution in [3.63, 3.8) is 0 Å². The Labute approximate surface area is 131 Å². The minimum atomic E-state index is 0.884. The molecule has 0 aliphatic carbocycles. The van der Waals surface area contributed by atoms with Crippen LogP contribution in [0.1, 0.15) is 11.1 Å². The molecule has 0 amide bonds. The molecule has 3 aromatic rings. The molecular weight excluding hydrogens is 272 g/mol. The van der Waals surface area contributed by atoms with Gasteiger partial charge in [-0.1, -0.05) is 30.3 Å². The van der Waals surface area contributed by atoms with Crippen molar-refractivity contribution in [1.82, 2.24) is 9.88 Å². The number of benzene rings is 2. The second kappa shape index (κ2) is 6.67. The van der Waals surface area contributed by atoms with Crippen LogP contribution in [0.2, 0.25) is 0 Å². The van der Waals surface area contributed by atoms with E-state index in [0.29, 0.717) is 0 Å². The summed E-state index contributed by atoms with van der Waals surface area (Å²) in [5, 5.41) is 4.87. The number of methoxy groups -OCH3 is 1.